The van der Waals surface area contributed by atoms with Crippen LogP contribution in [0.4, 0.5) is 0 Å². The molecule has 106 valence electrons. The molecule has 3 nitrogen and oxygen atoms in total. The maximum Gasteiger partial charge on any atom is 0.177 e. The minimum atomic E-state index is -0.108. The number of carbonyl (C=O) groups is 1. The molecule has 0 aromatic heterocycles. The van der Waals surface area contributed by atoms with Crippen LogP contribution in [-0.4, -0.2) is 19.0 Å². The summed E-state index contributed by atoms with van der Waals surface area (Å²) < 4.78 is 11.4. The zero-order valence-corrected chi connectivity index (χ0v) is 11.8. The van der Waals surface area contributed by atoms with E-state index in [0.29, 0.717) is 17.1 Å². The highest BCUT2D eigenvalue weighted by molar-refractivity contribution is 6.04. The van der Waals surface area contributed by atoms with Gasteiger partial charge in [0, 0.05) is 6.42 Å². The molecule has 2 atom stereocenters. The second-order valence-corrected chi connectivity index (χ2v) is 5.64. The smallest absolute Gasteiger partial charge is 0.177 e. The third kappa shape index (κ3) is 1.84. The van der Waals surface area contributed by atoms with Crippen LogP contribution in [0.3, 0.4) is 0 Å². The summed E-state index contributed by atoms with van der Waals surface area (Å²) in [5, 5.41) is 0. The number of ether oxygens (including phenoxy) is 2. The summed E-state index contributed by atoms with van der Waals surface area (Å²) in [7, 11) is 1.59. The van der Waals surface area contributed by atoms with E-state index < -0.39 is 0 Å². The van der Waals surface area contributed by atoms with Crippen molar-refractivity contribution in [1.29, 1.82) is 0 Å². The molecule has 2 aromatic carbocycles. The van der Waals surface area contributed by atoms with Gasteiger partial charge in [0.2, 0.25) is 0 Å². The highest BCUT2D eigenvalue weighted by atomic mass is 16.5. The number of hydrogen-bond acceptors (Lipinski definition) is 3. The number of methoxy groups -OCH3 is 1. The van der Waals surface area contributed by atoms with E-state index in [1.165, 1.54) is 11.1 Å². The molecular weight excluding hydrogens is 264 g/mol. The van der Waals surface area contributed by atoms with Gasteiger partial charge in [0.25, 0.3) is 0 Å². The van der Waals surface area contributed by atoms with Crippen molar-refractivity contribution < 1.29 is 14.3 Å². The molecule has 4 rings (SSSR count). The van der Waals surface area contributed by atoms with Gasteiger partial charge in [0.1, 0.15) is 23.2 Å². The summed E-state index contributed by atoms with van der Waals surface area (Å²) in [5.41, 5.74) is 3.15. The first kappa shape index (κ1) is 12.5. The van der Waals surface area contributed by atoms with Crippen LogP contribution >= 0.6 is 0 Å². The predicted octanol–water partition coefficient (Wildman–Crippen LogP) is 3.05. The summed E-state index contributed by atoms with van der Waals surface area (Å²) >= 11 is 0. The number of hydrogen-bond donors (Lipinski definition) is 0. The van der Waals surface area contributed by atoms with Crippen molar-refractivity contribution >= 4 is 5.78 Å². The Morgan fingerprint density at radius 2 is 1.81 bits per heavy atom. The summed E-state index contributed by atoms with van der Waals surface area (Å²) in [4.78, 5) is 12.9. The van der Waals surface area contributed by atoms with E-state index in [1.54, 1.807) is 7.11 Å². The van der Waals surface area contributed by atoms with Gasteiger partial charge in [-0.25, -0.2) is 0 Å². The molecule has 0 spiro atoms. The van der Waals surface area contributed by atoms with E-state index in [4.69, 9.17) is 9.47 Å². The lowest BCUT2D eigenvalue weighted by Crippen LogP contribution is -2.43. The lowest BCUT2D eigenvalue weighted by Gasteiger charge is -2.37. The highest BCUT2D eigenvalue weighted by Crippen LogP contribution is 2.41. The second kappa shape index (κ2) is 4.62. The van der Waals surface area contributed by atoms with E-state index in [9.17, 15) is 4.79 Å². The Hall–Kier alpha value is -2.29. The van der Waals surface area contributed by atoms with Crippen molar-refractivity contribution in [3.8, 4) is 11.5 Å². The van der Waals surface area contributed by atoms with E-state index in [2.05, 4.69) is 12.1 Å². The maximum absolute atomic E-state index is 12.9. The zero-order valence-electron chi connectivity index (χ0n) is 11.8. The van der Waals surface area contributed by atoms with Gasteiger partial charge in [-0.15, -0.1) is 0 Å². The Labute approximate surface area is 123 Å². The fraction of sp³-hybridized carbons (Fsp3) is 0.278. The van der Waals surface area contributed by atoms with Crippen molar-refractivity contribution in [3.63, 3.8) is 0 Å². The first-order chi connectivity index (χ1) is 10.3. The summed E-state index contributed by atoms with van der Waals surface area (Å²) in [6, 6.07) is 13.8. The largest absolute Gasteiger partial charge is 0.496 e. The molecule has 1 aliphatic heterocycles. The molecule has 0 unspecified atom stereocenters. The summed E-state index contributed by atoms with van der Waals surface area (Å²) in [6.45, 7) is 0. The van der Waals surface area contributed by atoms with Crippen LogP contribution in [0.15, 0.2) is 42.5 Å². The number of benzene rings is 2. The first-order valence-electron chi connectivity index (χ1n) is 7.22. The van der Waals surface area contributed by atoms with Crippen LogP contribution in [0.2, 0.25) is 0 Å². The van der Waals surface area contributed by atoms with Gasteiger partial charge in [-0.05, 0) is 29.7 Å². The lowest BCUT2D eigenvalue weighted by molar-refractivity contribution is 0.0628. The third-order valence-electron chi connectivity index (χ3n) is 4.50. The molecule has 0 radical (unpaired) electrons. The highest BCUT2D eigenvalue weighted by Gasteiger charge is 2.41. The van der Waals surface area contributed by atoms with Crippen molar-refractivity contribution in [2.24, 2.45) is 5.92 Å². The number of Topliss-reactive ketones (excluding diaryl/α,β-unsaturated/α-hetero) is 1. The van der Waals surface area contributed by atoms with Gasteiger partial charge in [-0.1, -0.05) is 30.3 Å². The molecule has 3 heteroatoms. The van der Waals surface area contributed by atoms with E-state index >= 15 is 0 Å². The van der Waals surface area contributed by atoms with Crippen LogP contribution in [0.25, 0.3) is 0 Å². The van der Waals surface area contributed by atoms with Crippen molar-refractivity contribution in [2.45, 2.75) is 18.9 Å². The van der Waals surface area contributed by atoms with Crippen LogP contribution in [0.1, 0.15) is 21.5 Å². The standard InChI is InChI=1S/C18H16O3/c1-20-14-7-4-8-15-17(14)18(19)13-9-11-5-2-3-6-12(11)10-16(13)21-15/h2-8,13,16H,9-10H2,1H3/t13-,16+/m0/s1. The molecule has 0 saturated heterocycles. The average Bonchev–Trinajstić information content (AvgIpc) is 2.53. The molecule has 2 aliphatic rings. The Kier molecular flexibility index (Phi) is 2.74. The van der Waals surface area contributed by atoms with Crippen LogP contribution in [-0.2, 0) is 12.8 Å². The SMILES string of the molecule is COc1cccc2c1C(=O)[C@H]1Cc3ccccc3C[C@H]1O2. The lowest BCUT2D eigenvalue weighted by atomic mass is 9.76. The number of carbonyl (C=O) groups excluding carboxylic acids is 1. The van der Waals surface area contributed by atoms with E-state index in [-0.39, 0.29) is 17.8 Å². The Morgan fingerprint density at radius 1 is 1.05 bits per heavy atom. The molecular formula is C18H16O3. The summed E-state index contributed by atoms with van der Waals surface area (Å²) in [5.74, 6) is 1.30. The monoisotopic (exact) mass is 280 g/mol. The Bertz CT molecular complexity index is 720. The van der Waals surface area contributed by atoms with Gasteiger partial charge in [-0.2, -0.15) is 0 Å². The van der Waals surface area contributed by atoms with Crippen molar-refractivity contribution in [1.82, 2.24) is 0 Å². The molecule has 0 saturated carbocycles. The normalized spacial score (nSPS) is 22.6. The van der Waals surface area contributed by atoms with E-state index in [0.717, 1.165) is 12.8 Å². The molecule has 21 heavy (non-hydrogen) atoms. The van der Waals surface area contributed by atoms with Gasteiger partial charge >= 0.3 is 0 Å². The summed E-state index contributed by atoms with van der Waals surface area (Å²) in [6.07, 6.45) is 1.48. The van der Waals surface area contributed by atoms with E-state index in [1.807, 2.05) is 30.3 Å². The van der Waals surface area contributed by atoms with Crippen LogP contribution < -0.4 is 9.47 Å². The number of ketones is 1. The maximum atomic E-state index is 12.9. The van der Waals surface area contributed by atoms with Gasteiger partial charge < -0.3 is 9.47 Å². The van der Waals surface area contributed by atoms with Crippen molar-refractivity contribution in [2.75, 3.05) is 7.11 Å². The average molecular weight is 280 g/mol. The third-order valence-corrected chi connectivity index (χ3v) is 4.50. The number of fused-ring (bicyclic) bond motifs is 3. The topological polar surface area (TPSA) is 35.5 Å². The minimum absolute atomic E-state index is 0.0630. The van der Waals surface area contributed by atoms with Gasteiger partial charge in [0.15, 0.2) is 5.78 Å². The van der Waals surface area contributed by atoms with Crippen molar-refractivity contribution in [3.05, 3.63) is 59.2 Å². The number of rotatable bonds is 1. The van der Waals surface area contributed by atoms with Gasteiger partial charge in [-0.3, -0.25) is 4.79 Å². The fourth-order valence-electron chi connectivity index (χ4n) is 3.44. The molecule has 0 bridgehead atoms. The fourth-order valence-corrected chi connectivity index (χ4v) is 3.44. The van der Waals surface area contributed by atoms with Crippen LogP contribution in [0.5, 0.6) is 11.5 Å². The zero-order chi connectivity index (χ0) is 14.4. The first-order valence-corrected chi connectivity index (χ1v) is 7.22. The predicted molar refractivity (Wildman–Crippen MR) is 79.1 cm³/mol. The second-order valence-electron chi connectivity index (χ2n) is 5.64. The molecule has 1 aliphatic carbocycles. The molecule has 1 heterocycles. The van der Waals surface area contributed by atoms with Crippen LogP contribution in [0, 0.1) is 5.92 Å². The quantitative estimate of drug-likeness (QED) is 0.805. The molecule has 0 N–H and O–H groups in total. The Balaban J connectivity index is 1.78. The minimum Gasteiger partial charge on any atom is -0.496 e. The molecule has 0 fully saturated rings. The molecule has 0 amide bonds. The van der Waals surface area contributed by atoms with Gasteiger partial charge in [0.05, 0.1) is 13.0 Å². The molecule has 2 aromatic rings. The Morgan fingerprint density at radius 3 is 2.57 bits per heavy atom.